The summed E-state index contributed by atoms with van der Waals surface area (Å²) in [5.41, 5.74) is 1.08. The lowest BCUT2D eigenvalue weighted by Crippen LogP contribution is -2.35. The van der Waals surface area contributed by atoms with Crippen LogP contribution in [0.3, 0.4) is 0 Å². The summed E-state index contributed by atoms with van der Waals surface area (Å²) >= 11 is 0. The van der Waals surface area contributed by atoms with E-state index in [4.69, 9.17) is 9.47 Å². The van der Waals surface area contributed by atoms with Crippen LogP contribution in [0.4, 0.5) is 0 Å². The number of rotatable bonds is 7. The largest absolute Gasteiger partial charge is 0.491 e. The maximum absolute atomic E-state index is 5.59. The molecule has 4 nitrogen and oxygen atoms in total. The molecule has 4 heteroatoms. The first-order chi connectivity index (χ1) is 8.51. The molecule has 0 spiro atoms. The second-order valence-electron chi connectivity index (χ2n) is 5.13. The molecule has 0 fully saturated rings. The highest BCUT2D eigenvalue weighted by Gasteiger charge is 2.09. The van der Waals surface area contributed by atoms with Crippen LogP contribution in [0.2, 0.25) is 0 Å². The lowest BCUT2D eigenvalue weighted by atomic mass is 10.1. The number of hydrogen-bond acceptors (Lipinski definition) is 4. The van der Waals surface area contributed by atoms with Gasteiger partial charge in [-0.25, -0.2) is 0 Å². The first kappa shape index (κ1) is 14.9. The fraction of sp³-hybridized carbons (Fsp3) is 0.643. The predicted molar refractivity (Wildman–Crippen MR) is 72.8 cm³/mol. The number of nitrogens with zero attached hydrogens (tertiary/aromatic N) is 1. The molecule has 18 heavy (non-hydrogen) atoms. The molecule has 1 N–H and O–H groups in total. The van der Waals surface area contributed by atoms with Crippen LogP contribution < -0.4 is 10.1 Å². The number of nitrogens with one attached hydrogen (secondary N) is 1. The zero-order valence-corrected chi connectivity index (χ0v) is 11.8. The molecular weight excluding hydrogens is 228 g/mol. The van der Waals surface area contributed by atoms with Crippen molar-refractivity contribution in [3.8, 4) is 5.75 Å². The van der Waals surface area contributed by atoms with E-state index in [-0.39, 0.29) is 5.54 Å². The van der Waals surface area contributed by atoms with Gasteiger partial charge in [0.2, 0.25) is 0 Å². The van der Waals surface area contributed by atoms with E-state index in [1.807, 2.05) is 19.1 Å². The third-order valence-electron chi connectivity index (χ3n) is 2.29. The van der Waals surface area contributed by atoms with Crippen molar-refractivity contribution in [1.29, 1.82) is 0 Å². The van der Waals surface area contributed by atoms with Crippen LogP contribution in [0.1, 0.15) is 33.4 Å². The van der Waals surface area contributed by atoms with Crippen molar-refractivity contribution < 1.29 is 9.47 Å². The van der Waals surface area contributed by atoms with Crippen LogP contribution in [0.5, 0.6) is 5.75 Å². The van der Waals surface area contributed by atoms with E-state index in [0.29, 0.717) is 13.2 Å². The highest BCUT2D eigenvalue weighted by Crippen LogP contribution is 2.11. The quantitative estimate of drug-likeness (QED) is 0.757. The number of hydrogen-bond donors (Lipinski definition) is 1. The van der Waals surface area contributed by atoms with Gasteiger partial charge in [-0.3, -0.25) is 4.98 Å². The Morgan fingerprint density at radius 1 is 1.28 bits per heavy atom. The standard InChI is InChI=1S/C14H24N2O2/c1-5-17-8-9-18-13-6-7-15-12(10-13)11-16-14(2,3)4/h6-7,10,16H,5,8-9,11H2,1-4H3. The third kappa shape index (κ3) is 6.57. The Hall–Kier alpha value is -1.13. The minimum absolute atomic E-state index is 0.0908. The summed E-state index contributed by atoms with van der Waals surface area (Å²) in [6, 6.07) is 3.83. The van der Waals surface area contributed by atoms with Gasteiger partial charge in [-0.1, -0.05) is 0 Å². The molecular formula is C14H24N2O2. The Kier molecular flexibility index (Phi) is 6.09. The molecule has 0 atom stereocenters. The highest BCUT2D eigenvalue weighted by atomic mass is 16.5. The Bertz CT molecular complexity index is 348. The monoisotopic (exact) mass is 252 g/mol. The Morgan fingerprint density at radius 3 is 2.72 bits per heavy atom. The average Bonchev–Trinajstić information content (AvgIpc) is 2.32. The molecule has 0 aliphatic heterocycles. The van der Waals surface area contributed by atoms with Crippen LogP contribution in [0.25, 0.3) is 0 Å². The summed E-state index contributed by atoms with van der Waals surface area (Å²) in [7, 11) is 0. The van der Waals surface area contributed by atoms with Gasteiger partial charge in [0.25, 0.3) is 0 Å². The minimum Gasteiger partial charge on any atom is -0.491 e. The smallest absolute Gasteiger partial charge is 0.122 e. The van der Waals surface area contributed by atoms with Crippen LogP contribution in [0, 0.1) is 0 Å². The van der Waals surface area contributed by atoms with Crippen LogP contribution in [-0.4, -0.2) is 30.3 Å². The van der Waals surface area contributed by atoms with Gasteiger partial charge in [0.05, 0.1) is 12.3 Å². The zero-order valence-electron chi connectivity index (χ0n) is 11.8. The average molecular weight is 252 g/mol. The summed E-state index contributed by atoms with van der Waals surface area (Å²) in [6.07, 6.45) is 1.77. The summed E-state index contributed by atoms with van der Waals surface area (Å²) in [5, 5.41) is 3.40. The fourth-order valence-corrected chi connectivity index (χ4v) is 1.36. The molecule has 0 saturated heterocycles. The Morgan fingerprint density at radius 2 is 2.06 bits per heavy atom. The molecule has 0 unspecified atom stereocenters. The van der Waals surface area contributed by atoms with E-state index in [1.54, 1.807) is 6.20 Å². The second-order valence-corrected chi connectivity index (χ2v) is 5.13. The SMILES string of the molecule is CCOCCOc1ccnc(CNC(C)(C)C)c1. The van der Waals surface area contributed by atoms with Gasteiger partial charge in [-0.15, -0.1) is 0 Å². The predicted octanol–water partition coefficient (Wildman–Crippen LogP) is 2.39. The van der Waals surface area contributed by atoms with Crippen LogP contribution >= 0.6 is 0 Å². The lowest BCUT2D eigenvalue weighted by Gasteiger charge is -2.20. The van der Waals surface area contributed by atoms with Crippen molar-refractivity contribution in [2.24, 2.45) is 0 Å². The van der Waals surface area contributed by atoms with Crippen LogP contribution in [0.15, 0.2) is 18.3 Å². The summed E-state index contributed by atoms with van der Waals surface area (Å²) in [4.78, 5) is 4.31. The summed E-state index contributed by atoms with van der Waals surface area (Å²) < 4.78 is 10.8. The minimum atomic E-state index is 0.0908. The molecule has 0 bridgehead atoms. The van der Waals surface area contributed by atoms with Gasteiger partial charge >= 0.3 is 0 Å². The number of aromatic nitrogens is 1. The molecule has 0 radical (unpaired) electrons. The van der Waals surface area contributed by atoms with Gasteiger partial charge < -0.3 is 14.8 Å². The molecule has 1 rings (SSSR count). The maximum Gasteiger partial charge on any atom is 0.122 e. The molecule has 0 aliphatic carbocycles. The molecule has 1 heterocycles. The Labute approximate surface area is 110 Å². The van der Waals surface area contributed by atoms with Crippen LogP contribution in [-0.2, 0) is 11.3 Å². The van der Waals surface area contributed by atoms with Crippen molar-refractivity contribution in [2.45, 2.75) is 39.8 Å². The van der Waals surface area contributed by atoms with E-state index in [2.05, 4.69) is 31.1 Å². The summed E-state index contributed by atoms with van der Waals surface area (Å²) in [5.74, 6) is 0.843. The first-order valence-corrected chi connectivity index (χ1v) is 6.42. The number of pyridine rings is 1. The molecule has 1 aromatic heterocycles. The highest BCUT2D eigenvalue weighted by molar-refractivity contribution is 5.22. The van der Waals surface area contributed by atoms with Gasteiger partial charge in [0, 0.05) is 31.0 Å². The zero-order chi connectivity index (χ0) is 13.4. The maximum atomic E-state index is 5.59. The van der Waals surface area contributed by atoms with E-state index in [1.165, 1.54) is 0 Å². The van der Waals surface area contributed by atoms with E-state index in [0.717, 1.165) is 24.6 Å². The van der Waals surface area contributed by atoms with Gasteiger partial charge in [0.15, 0.2) is 0 Å². The Balaban J connectivity index is 2.41. The fourth-order valence-electron chi connectivity index (χ4n) is 1.36. The molecule has 0 amide bonds. The molecule has 0 saturated carbocycles. The lowest BCUT2D eigenvalue weighted by molar-refractivity contribution is 0.110. The van der Waals surface area contributed by atoms with Gasteiger partial charge in [-0.2, -0.15) is 0 Å². The van der Waals surface area contributed by atoms with E-state index < -0.39 is 0 Å². The van der Waals surface area contributed by atoms with Crippen molar-refractivity contribution in [3.05, 3.63) is 24.0 Å². The summed E-state index contributed by atoms with van der Waals surface area (Å²) in [6.45, 7) is 11.0. The van der Waals surface area contributed by atoms with Crippen molar-refractivity contribution in [3.63, 3.8) is 0 Å². The van der Waals surface area contributed by atoms with E-state index in [9.17, 15) is 0 Å². The second kappa shape index (κ2) is 7.34. The normalized spacial score (nSPS) is 11.6. The van der Waals surface area contributed by atoms with Crippen molar-refractivity contribution >= 4 is 0 Å². The molecule has 1 aromatic rings. The van der Waals surface area contributed by atoms with Gasteiger partial charge in [-0.05, 0) is 33.8 Å². The topological polar surface area (TPSA) is 43.4 Å². The number of ether oxygens (including phenoxy) is 2. The van der Waals surface area contributed by atoms with E-state index >= 15 is 0 Å². The first-order valence-electron chi connectivity index (χ1n) is 6.42. The third-order valence-corrected chi connectivity index (χ3v) is 2.29. The molecule has 0 aromatic carbocycles. The molecule has 102 valence electrons. The van der Waals surface area contributed by atoms with Crippen molar-refractivity contribution in [2.75, 3.05) is 19.8 Å². The molecule has 0 aliphatic rings. The van der Waals surface area contributed by atoms with Crippen molar-refractivity contribution in [1.82, 2.24) is 10.3 Å². The van der Waals surface area contributed by atoms with Gasteiger partial charge in [0.1, 0.15) is 12.4 Å².